The van der Waals surface area contributed by atoms with Crippen molar-refractivity contribution in [3.8, 4) is 0 Å². The van der Waals surface area contributed by atoms with Crippen molar-refractivity contribution in [3.63, 3.8) is 0 Å². The van der Waals surface area contributed by atoms with Gasteiger partial charge in [0.2, 0.25) is 5.91 Å². The molecule has 0 heterocycles. The highest BCUT2D eigenvalue weighted by Gasteiger charge is 2.27. The number of carbonyl (C=O) groups excluding carboxylic acids is 1. The molecule has 0 saturated carbocycles. The first-order chi connectivity index (χ1) is 25.3. The number of phosphoric ester groups is 1. The predicted molar refractivity (Wildman–Crippen MR) is 218 cm³/mol. The van der Waals surface area contributed by atoms with Gasteiger partial charge in [0.15, 0.2) is 0 Å². The fourth-order valence-electron chi connectivity index (χ4n) is 5.73. The predicted octanol–water partition coefficient (Wildman–Crippen LogP) is 10.3. The molecule has 0 bridgehead atoms. The minimum absolute atomic E-state index is 0.0400. The highest BCUT2D eigenvalue weighted by atomic mass is 31.2. The van der Waals surface area contributed by atoms with E-state index in [1.54, 1.807) is 6.08 Å². The van der Waals surface area contributed by atoms with Crippen LogP contribution >= 0.6 is 7.82 Å². The second-order valence-corrected chi connectivity index (χ2v) is 15.5. The lowest BCUT2D eigenvalue weighted by atomic mass is 10.0. The molecular weight excluding hydrogens is 675 g/mol. The first kappa shape index (κ1) is 50.4. The van der Waals surface area contributed by atoms with Gasteiger partial charge >= 0.3 is 7.82 Å². The molecule has 0 fully saturated rings. The number of aliphatic hydroxyl groups is 2. The molecule has 0 spiro atoms. The number of phosphoric acid groups is 1. The number of hydrogen-bond donors (Lipinski definition) is 5. The van der Waals surface area contributed by atoms with Crippen molar-refractivity contribution in [2.24, 2.45) is 5.73 Å². The lowest BCUT2D eigenvalue weighted by Gasteiger charge is -2.24. The number of nitrogens with two attached hydrogens (primary N) is 1. The van der Waals surface area contributed by atoms with Crippen molar-refractivity contribution in [2.75, 3.05) is 19.8 Å². The van der Waals surface area contributed by atoms with Gasteiger partial charge < -0.3 is 26.2 Å². The van der Waals surface area contributed by atoms with Crippen LogP contribution < -0.4 is 11.1 Å². The third-order valence-electron chi connectivity index (χ3n) is 8.91. The Bertz CT molecular complexity index is 972. The molecule has 304 valence electrons. The number of nitrogens with one attached hydrogen (secondary N) is 1. The van der Waals surface area contributed by atoms with Crippen LogP contribution in [0.4, 0.5) is 0 Å². The summed E-state index contributed by atoms with van der Waals surface area (Å²) in [5, 5.41) is 24.0. The van der Waals surface area contributed by atoms with Gasteiger partial charge in [-0.05, 0) is 70.6 Å². The maximum Gasteiger partial charge on any atom is 0.472 e. The number of amides is 1. The highest BCUT2D eigenvalue weighted by Crippen LogP contribution is 2.43. The summed E-state index contributed by atoms with van der Waals surface area (Å²) in [7, 11) is -4.41. The second kappa shape index (κ2) is 37.7. The van der Waals surface area contributed by atoms with Gasteiger partial charge in [-0.15, -0.1) is 0 Å². The zero-order chi connectivity index (χ0) is 38.4. The van der Waals surface area contributed by atoms with E-state index in [1.807, 2.05) is 6.08 Å². The molecule has 4 unspecified atom stereocenters. The number of hydrogen-bond acceptors (Lipinski definition) is 7. The van der Waals surface area contributed by atoms with Crippen molar-refractivity contribution in [2.45, 2.75) is 193 Å². The average molecular weight is 755 g/mol. The molecule has 6 N–H and O–H groups in total. The van der Waals surface area contributed by atoms with Gasteiger partial charge in [-0.1, -0.05) is 146 Å². The first-order valence-corrected chi connectivity index (χ1v) is 22.3. The molecule has 0 aliphatic heterocycles. The van der Waals surface area contributed by atoms with Crippen LogP contribution in [0.5, 0.6) is 0 Å². The maximum atomic E-state index is 12.8. The molecule has 0 rings (SSSR count). The summed E-state index contributed by atoms with van der Waals surface area (Å²) in [5.74, 6) is -0.467. The number of rotatable bonds is 38. The SMILES string of the molecule is CCCCC/C=C/CC/C=C/CC/C=C/C(O)C(COP(=O)(O)OCCN)NC(=O)CC(O)CCCCCCC/C=C\CCCCCCCCCC. The summed E-state index contributed by atoms with van der Waals surface area (Å²) in [4.78, 5) is 22.7. The smallest absolute Gasteiger partial charge is 0.393 e. The van der Waals surface area contributed by atoms with Crippen LogP contribution in [0.1, 0.15) is 174 Å². The second-order valence-electron chi connectivity index (χ2n) is 14.0. The Morgan fingerprint density at radius 3 is 1.63 bits per heavy atom. The fraction of sp³-hybridized carbons (Fsp3) is 0.786. The third-order valence-corrected chi connectivity index (χ3v) is 9.89. The molecular formula is C42H79N2O7P. The molecule has 4 atom stereocenters. The molecule has 52 heavy (non-hydrogen) atoms. The number of unbranched alkanes of at least 4 members (excludes halogenated alkanes) is 18. The molecule has 9 nitrogen and oxygen atoms in total. The van der Waals surface area contributed by atoms with E-state index in [0.29, 0.717) is 12.8 Å². The zero-order valence-electron chi connectivity index (χ0n) is 33.1. The van der Waals surface area contributed by atoms with E-state index >= 15 is 0 Å². The normalized spacial score (nSPS) is 15.3. The Morgan fingerprint density at radius 1 is 0.654 bits per heavy atom. The first-order valence-electron chi connectivity index (χ1n) is 20.8. The molecule has 0 saturated heterocycles. The number of allylic oxidation sites excluding steroid dienone is 7. The van der Waals surface area contributed by atoms with Crippen LogP contribution in [0.3, 0.4) is 0 Å². The molecule has 0 aliphatic rings. The van der Waals surface area contributed by atoms with Crippen molar-refractivity contribution in [3.05, 3.63) is 48.6 Å². The van der Waals surface area contributed by atoms with E-state index in [1.165, 1.54) is 83.5 Å². The van der Waals surface area contributed by atoms with Crippen LogP contribution in [0, 0.1) is 0 Å². The highest BCUT2D eigenvalue weighted by molar-refractivity contribution is 7.47. The summed E-state index contributed by atoms with van der Waals surface area (Å²) in [6.07, 6.45) is 42.0. The average Bonchev–Trinajstić information content (AvgIpc) is 3.12. The van der Waals surface area contributed by atoms with E-state index in [9.17, 15) is 24.5 Å². The summed E-state index contributed by atoms with van der Waals surface area (Å²) >= 11 is 0. The largest absolute Gasteiger partial charge is 0.472 e. The molecule has 0 aromatic heterocycles. The Morgan fingerprint density at radius 2 is 1.10 bits per heavy atom. The summed E-state index contributed by atoms with van der Waals surface area (Å²) in [6, 6.07) is -1.01. The minimum atomic E-state index is -4.41. The summed E-state index contributed by atoms with van der Waals surface area (Å²) in [5.41, 5.74) is 5.35. The summed E-state index contributed by atoms with van der Waals surface area (Å²) < 4.78 is 22.0. The standard InChI is InChI=1S/C42H79N2O7P/c1-3-5-7-9-11-13-15-17-18-19-20-22-23-25-27-29-31-33-39(45)37-42(47)44-40(38-51-52(48,49)50-36-35-43)41(46)34-32-30-28-26-24-21-16-14-12-10-8-6-4-2/h12,14,19-20,24,26,32,34,39-41,45-46H,3-11,13,15-18,21-23,25,27-31,33,35-38,43H2,1-2H3,(H,44,47)(H,48,49)/b14-12+,20-19-,26-24+,34-32+. The quantitative estimate of drug-likeness (QED) is 0.0237. The monoisotopic (exact) mass is 755 g/mol. The van der Waals surface area contributed by atoms with E-state index in [-0.39, 0.29) is 19.6 Å². The Balaban J connectivity index is 4.41. The number of aliphatic hydroxyl groups excluding tert-OH is 2. The third kappa shape index (κ3) is 35.4. The van der Waals surface area contributed by atoms with Crippen molar-refractivity contribution in [1.29, 1.82) is 0 Å². The van der Waals surface area contributed by atoms with Crippen LogP contribution in [0.2, 0.25) is 0 Å². The van der Waals surface area contributed by atoms with Crippen molar-refractivity contribution < 1.29 is 33.5 Å². The van der Waals surface area contributed by atoms with E-state index in [0.717, 1.165) is 57.8 Å². The van der Waals surface area contributed by atoms with Gasteiger partial charge in [-0.3, -0.25) is 13.8 Å². The summed E-state index contributed by atoms with van der Waals surface area (Å²) in [6.45, 7) is 3.89. The molecule has 0 radical (unpaired) electrons. The van der Waals surface area contributed by atoms with Crippen LogP contribution in [-0.2, 0) is 18.4 Å². The lowest BCUT2D eigenvalue weighted by Crippen LogP contribution is -2.46. The Kier molecular flexibility index (Phi) is 36.6. The van der Waals surface area contributed by atoms with Crippen LogP contribution in [0.15, 0.2) is 48.6 Å². The Hall–Kier alpha value is -1.58. The Labute approximate surface area is 318 Å². The van der Waals surface area contributed by atoms with E-state index in [4.69, 9.17) is 14.8 Å². The van der Waals surface area contributed by atoms with Gasteiger partial charge in [-0.25, -0.2) is 4.57 Å². The molecule has 10 heteroatoms. The fourth-order valence-corrected chi connectivity index (χ4v) is 6.49. The van der Waals surface area contributed by atoms with Gasteiger partial charge in [0.1, 0.15) is 0 Å². The van der Waals surface area contributed by atoms with Gasteiger partial charge in [0.05, 0.1) is 37.9 Å². The van der Waals surface area contributed by atoms with Crippen molar-refractivity contribution in [1.82, 2.24) is 5.32 Å². The van der Waals surface area contributed by atoms with E-state index in [2.05, 4.69) is 55.6 Å². The maximum absolute atomic E-state index is 12.8. The molecule has 0 aromatic carbocycles. The molecule has 1 amide bonds. The topological polar surface area (TPSA) is 151 Å². The van der Waals surface area contributed by atoms with Gasteiger partial charge in [-0.2, -0.15) is 0 Å². The lowest BCUT2D eigenvalue weighted by molar-refractivity contribution is -0.124. The van der Waals surface area contributed by atoms with Gasteiger partial charge in [0.25, 0.3) is 0 Å². The number of carbonyl (C=O) groups is 1. The molecule has 0 aliphatic carbocycles. The molecule has 0 aromatic rings. The van der Waals surface area contributed by atoms with Crippen LogP contribution in [-0.4, -0.2) is 59.0 Å². The van der Waals surface area contributed by atoms with Gasteiger partial charge in [0, 0.05) is 6.54 Å². The van der Waals surface area contributed by atoms with Crippen LogP contribution in [0.25, 0.3) is 0 Å². The van der Waals surface area contributed by atoms with E-state index < -0.39 is 38.6 Å². The minimum Gasteiger partial charge on any atom is -0.393 e. The van der Waals surface area contributed by atoms with Crippen molar-refractivity contribution >= 4 is 13.7 Å². The zero-order valence-corrected chi connectivity index (χ0v) is 34.0.